The molecule has 3 heteroatoms. The van der Waals surface area contributed by atoms with Gasteiger partial charge >= 0.3 is 0 Å². The standard InChI is InChI=1S/C25H30N2O/c1-16-23(5-4-12-26-16)27-18-7-9-20-17(13-18)6-8-21-22-14-19(28)15-24(22,2)10-11-25(20,21)3/h4-5,7,9,12-13,19,27-28H,6,8,10-11,14-15H2,1-3H3/t19-,24-,25-/m0/s1. The quantitative estimate of drug-likeness (QED) is 0.674. The van der Waals surface area contributed by atoms with Gasteiger partial charge in [-0.15, -0.1) is 0 Å². The van der Waals surface area contributed by atoms with E-state index in [-0.39, 0.29) is 16.9 Å². The minimum Gasteiger partial charge on any atom is -0.393 e. The van der Waals surface area contributed by atoms with E-state index in [0.717, 1.165) is 42.8 Å². The molecule has 1 saturated carbocycles. The van der Waals surface area contributed by atoms with Crippen molar-refractivity contribution >= 4 is 11.4 Å². The molecule has 0 bridgehead atoms. The predicted molar refractivity (Wildman–Crippen MR) is 114 cm³/mol. The fraction of sp³-hybridized carbons (Fsp3) is 0.480. The van der Waals surface area contributed by atoms with Crippen LogP contribution in [-0.2, 0) is 11.8 Å². The molecule has 0 amide bonds. The Morgan fingerprint density at radius 3 is 2.79 bits per heavy atom. The van der Waals surface area contributed by atoms with Crippen molar-refractivity contribution in [1.29, 1.82) is 0 Å². The number of aliphatic hydroxyl groups excluding tert-OH is 1. The van der Waals surface area contributed by atoms with Crippen molar-refractivity contribution in [2.75, 3.05) is 5.32 Å². The average Bonchev–Trinajstić information content (AvgIpc) is 2.97. The van der Waals surface area contributed by atoms with E-state index in [1.54, 1.807) is 11.1 Å². The number of rotatable bonds is 2. The van der Waals surface area contributed by atoms with Gasteiger partial charge in [-0.2, -0.15) is 0 Å². The molecule has 1 fully saturated rings. The smallest absolute Gasteiger partial charge is 0.0607 e. The first-order valence-corrected chi connectivity index (χ1v) is 10.6. The van der Waals surface area contributed by atoms with Crippen LogP contribution in [-0.4, -0.2) is 16.2 Å². The lowest BCUT2D eigenvalue weighted by Crippen LogP contribution is -2.38. The van der Waals surface area contributed by atoms with Crippen LogP contribution in [0.1, 0.15) is 62.8 Å². The Morgan fingerprint density at radius 1 is 1.11 bits per heavy atom. The first kappa shape index (κ1) is 17.9. The topological polar surface area (TPSA) is 45.2 Å². The lowest BCUT2D eigenvalue weighted by atomic mass is 9.56. The number of benzene rings is 1. The van der Waals surface area contributed by atoms with Crippen LogP contribution in [0.25, 0.3) is 0 Å². The van der Waals surface area contributed by atoms with E-state index in [2.05, 4.69) is 48.4 Å². The van der Waals surface area contributed by atoms with Gasteiger partial charge in [-0.1, -0.05) is 31.1 Å². The Morgan fingerprint density at radius 2 is 1.96 bits per heavy atom. The minimum atomic E-state index is -0.148. The Hall–Kier alpha value is -2.13. The first-order chi connectivity index (χ1) is 13.4. The van der Waals surface area contributed by atoms with Gasteiger partial charge in [-0.25, -0.2) is 0 Å². The van der Waals surface area contributed by atoms with Gasteiger partial charge in [-0.05, 0) is 86.3 Å². The van der Waals surface area contributed by atoms with E-state index in [1.807, 2.05) is 19.2 Å². The zero-order chi connectivity index (χ0) is 19.5. The molecular weight excluding hydrogens is 344 g/mol. The number of aromatic nitrogens is 1. The third-order valence-corrected chi connectivity index (χ3v) is 7.69. The van der Waals surface area contributed by atoms with Crippen molar-refractivity contribution in [2.24, 2.45) is 5.41 Å². The van der Waals surface area contributed by atoms with Crippen molar-refractivity contribution in [3.63, 3.8) is 0 Å². The summed E-state index contributed by atoms with van der Waals surface area (Å²) in [7, 11) is 0. The maximum Gasteiger partial charge on any atom is 0.0607 e. The number of aliphatic hydroxyl groups is 1. The Balaban J connectivity index is 1.52. The maximum atomic E-state index is 10.3. The summed E-state index contributed by atoms with van der Waals surface area (Å²) in [4.78, 5) is 4.38. The first-order valence-electron chi connectivity index (χ1n) is 10.6. The highest BCUT2D eigenvalue weighted by Gasteiger charge is 2.50. The summed E-state index contributed by atoms with van der Waals surface area (Å²) in [6, 6.07) is 11.0. The molecule has 0 spiro atoms. The normalized spacial score (nSPS) is 31.2. The van der Waals surface area contributed by atoms with Gasteiger partial charge in [0.15, 0.2) is 0 Å². The monoisotopic (exact) mass is 374 g/mol. The molecule has 0 unspecified atom stereocenters. The Bertz CT molecular complexity index is 978. The van der Waals surface area contributed by atoms with E-state index < -0.39 is 0 Å². The summed E-state index contributed by atoms with van der Waals surface area (Å²) in [5.41, 5.74) is 9.78. The summed E-state index contributed by atoms with van der Waals surface area (Å²) in [6.45, 7) is 6.86. The number of anilines is 2. The Kier molecular flexibility index (Phi) is 3.96. The number of nitrogens with zero attached hydrogens (tertiary/aromatic N) is 1. The molecule has 0 radical (unpaired) electrons. The van der Waals surface area contributed by atoms with Crippen molar-refractivity contribution in [3.05, 3.63) is 64.5 Å². The van der Waals surface area contributed by atoms with Crippen LogP contribution in [0.5, 0.6) is 0 Å². The third-order valence-electron chi connectivity index (χ3n) is 7.69. The molecule has 3 nitrogen and oxygen atoms in total. The van der Waals surface area contributed by atoms with Crippen LogP contribution < -0.4 is 5.32 Å². The van der Waals surface area contributed by atoms with Crippen LogP contribution in [0.4, 0.5) is 11.4 Å². The van der Waals surface area contributed by atoms with Gasteiger partial charge < -0.3 is 10.4 Å². The zero-order valence-electron chi connectivity index (χ0n) is 17.2. The highest BCUT2D eigenvalue weighted by Crippen LogP contribution is 2.59. The summed E-state index contributed by atoms with van der Waals surface area (Å²) in [6.07, 6.45) is 8.13. The molecule has 1 heterocycles. The van der Waals surface area contributed by atoms with Crippen molar-refractivity contribution in [3.8, 4) is 0 Å². The molecule has 3 aliphatic carbocycles. The van der Waals surface area contributed by atoms with Gasteiger partial charge in [-0.3, -0.25) is 4.98 Å². The molecular formula is C25H30N2O. The molecule has 146 valence electrons. The van der Waals surface area contributed by atoms with Crippen LogP contribution in [0.3, 0.4) is 0 Å². The number of nitrogens with one attached hydrogen (secondary N) is 1. The molecule has 2 N–H and O–H groups in total. The lowest BCUT2D eigenvalue weighted by molar-refractivity contribution is 0.157. The van der Waals surface area contributed by atoms with Crippen molar-refractivity contribution in [1.82, 2.24) is 4.98 Å². The zero-order valence-corrected chi connectivity index (χ0v) is 17.2. The number of hydrogen-bond acceptors (Lipinski definition) is 3. The second kappa shape index (κ2) is 6.18. The van der Waals surface area contributed by atoms with Gasteiger partial charge in [0.25, 0.3) is 0 Å². The van der Waals surface area contributed by atoms with Crippen LogP contribution in [0, 0.1) is 12.3 Å². The van der Waals surface area contributed by atoms with Crippen molar-refractivity contribution in [2.45, 2.75) is 70.8 Å². The summed E-state index contributed by atoms with van der Waals surface area (Å²) >= 11 is 0. The van der Waals surface area contributed by atoms with Crippen molar-refractivity contribution < 1.29 is 5.11 Å². The van der Waals surface area contributed by atoms with Gasteiger partial charge in [0.05, 0.1) is 17.5 Å². The summed E-state index contributed by atoms with van der Waals surface area (Å²) in [5, 5.41) is 13.9. The third kappa shape index (κ3) is 2.63. The molecule has 0 saturated heterocycles. The summed E-state index contributed by atoms with van der Waals surface area (Å²) in [5.74, 6) is 0. The van der Waals surface area contributed by atoms with Crippen LogP contribution in [0.15, 0.2) is 47.7 Å². The highest BCUT2D eigenvalue weighted by atomic mass is 16.3. The summed E-state index contributed by atoms with van der Waals surface area (Å²) < 4.78 is 0. The lowest BCUT2D eigenvalue weighted by Gasteiger charge is -2.48. The molecule has 3 atom stereocenters. The highest BCUT2D eigenvalue weighted by molar-refractivity contribution is 5.64. The van der Waals surface area contributed by atoms with Crippen LogP contribution >= 0.6 is 0 Å². The van der Waals surface area contributed by atoms with E-state index in [0.29, 0.717) is 0 Å². The Labute approximate surface area is 167 Å². The van der Waals surface area contributed by atoms with E-state index in [4.69, 9.17) is 0 Å². The second-order valence-corrected chi connectivity index (χ2v) is 9.55. The molecule has 28 heavy (non-hydrogen) atoms. The molecule has 0 aliphatic heterocycles. The molecule has 1 aromatic heterocycles. The number of hydrogen-bond donors (Lipinski definition) is 2. The van der Waals surface area contributed by atoms with Crippen LogP contribution in [0.2, 0.25) is 0 Å². The molecule has 3 aliphatic rings. The number of fused-ring (bicyclic) bond motifs is 4. The maximum absolute atomic E-state index is 10.3. The van der Waals surface area contributed by atoms with E-state index in [9.17, 15) is 5.11 Å². The molecule has 2 aromatic rings. The number of pyridine rings is 1. The second-order valence-electron chi connectivity index (χ2n) is 9.55. The number of allylic oxidation sites excluding steroid dienone is 1. The fourth-order valence-corrected chi connectivity index (χ4v) is 6.12. The van der Waals surface area contributed by atoms with Gasteiger partial charge in [0.1, 0.15) is 0 Å². The van der Waals surface area contributed by atoms with Gasteiger partial charge in [0.2, 0.25) is 0 Å². The minimum absolute atomic E-state index is 0.134. The SMILES string of the molecule is Cc1ncccc1Nc1ccc2c(c1)CCC1=C3C[C@H](O)C[C@]3(C)CC[C@]12C. The van der Waals surface area contributed by atoms with Gasteiger partial charge in [0, 0.05) is 17.3 Å². The predicted octanol–water partition coefficient (Wildman–Crippen LogP) is 5.59. The average molecular weight is 375 g/mol. The molecule has 5 rings (SSSR count). The largest absolute Gasteiger partial charge is 0.393 e. The molecule has 1 aromatic carbocycles. The number of aryl methyl sites for hydroxylation is 2. The fourth-order valence-electron chi connectivity index (χ4n) is 6.12. The van der Waals surface area contributed by atoms with E-state index in [1.165, 1.54) is 24.0 Å². The van der Waals surface area contributed by atoms with E-state index >= 15 is 0 Å².